The van der Waals surface area contributed by atoms with E-state index in [-0.39, 0.29) is 5.91 Å². The van der Waals surface area contributed by atoms with Crippen molar-refractivity contribution in [2.45, 2.75) is 52.5 Å². The lowest BCUT2D eigenvalue weighted by atomic mass is 9.99. The molecule has 154 valence electrons. The Morgan fingerprint density at radius 3 is 2.62 bits per heavy atom. The molecule has 0 radical (unpaired) electrons. The molecule has 0 aliphatic heterocycles. The normalized spacial score (nSPS) is 12.1. The van der Waals surface area contributed by atoms with Crippen LogP contribution in [0.3, 0.4) is 0 Å². The second-order valence-corrected chi connectivity index (χ2v) is 7.35. The fourth-order valence-electron chi connectivity index (χ4n) is 3.39. The number of amides is 1. The lowest BCUT2D eigenvalue weighted by Crippen LogP contribution is -2.25. The van der Waals surface area contributed by atoms with Gasteiger partial charge < -0.3 is 14.6 Å². The third-order valence-electron chi connectivity index (χ3n) is 5.37. The van der Waals surface area contributed by atoms with Gasteiger partial charge in [-0.15, -0.1) is 0 Å². The highest BCUT2D eigenvalue weighted by Gasteiger charge is 2.11. The van der Waals surface area contributed by atoms with Crippen molar-refractivity contribution in [1.82, 2.24) is 14.9 Å². The van der Waals surface area contributed by atoms with E-state index in [1.54, 1.807) is 0 Å². The van der Waals surface area contributed by atoms with Gasteiger partial charge in [0.1, 0.15) is 18.2 Å². The van der Waals surface area contributed by atoms with Crippen LogP contribution in [0.2, 0.25) is 0 Å². The number of carbonyl (C=O) groups is 1. The summed E-state index contributed by atoms with van der Waals surface area (Å²) in [4.78, 5) is 16.3. The standard InChI is InChI=1S/C24H31N3O2/c1-4-18(3)19-10-12-20(13-11-19)29-17-16-27-22-9-7-6-8-21(22)26-23(27)14-15-25-24(28)5-2/h6-13,18H,4-5,14-17H2,1-3H3,(H,25,28). The van der Waals surface area contributed by atoms with Crippen LogP contribution in [0, 0.1) is 0 Å². The maximum atomic E-state index is 11.5. The van der Waals surface area contributed by atoms with E-state index in [0.29, 0.717) is 38.5 Å². The summed E-state index contributed by atoms with van der Waals surface area (Å²) in [5.74, 6) is 2.49. The van der Waals surface area contributed by atoms with E-state index in [1.165, 1.54) is 5.56 Å². The van der Waals surface area contributed by atoms with Crippen molar-refractivity contribution in [2.75, 3.05) is 13.2 Å². The zero-order chi connectivity index (χ0) is 20.6. The zero-order valence-corrected chi connectivity index (χ0v) is 17.6. The molecule has 3 rings (SSSR count). The first-order chi connectivity index (χ1) is 14.1. The molecule has 0 bridgehead atoms. The maximum Gasteiger partial charge on any atom is 0.219 e. The molecule has 1 N–H and O–H groups in total. The molecule has 0 fully saturated rings. The van der Waals surface area contributed by atoms with Crippen molar-refractivity contribution in [1.29, 1.82) is 0 Å². The van der Waals surface area contributed by atoms with Crippen LogP contribution in [0.15, 0.2) is 48.5 Å². The summed E-state index contributed by atoms with van der Waals surface area (Å²) >= 11 is 0. The molecule has 3 aromatic rings. The first-order valence-electron chi connectivity index (χ1n) is 10.6. The van der Waals surface area contributed by atoms with Gasteiger partial charge in [-0.05, 0) is 42.2 Å². The molecular formula is C24H31N3O2. The van der Waals surface area contributed by atoms with Crippen LogP contribution in [-0.4, -0.2) is 28.6 Å². The fraction of sp³-hybridized carbons (Fsp3) is 0.417. The summed E-state index contributed by atoms with van der Waals surface area (Å²) in [5.41, 5.74) is 3.42. The second kappa shape index (κ2) is 10.1. The van der Waals surface area contributed by atoms with Crippen LogP contribution in [-0.2, 0) is 17.8 Å². The van der Waals surface area contributed by atoms with Crippen LogP contribution in [0.5, 0.6) is 5.75 Å². The number of aromatic nitrogens is 2. The molecule has 2 aromatic carbocycles. The summed E-state index contributed by atoms with van der Waals surface area (Å²) in [5, 5.41) is 2.93. The molecule has 0 aliphatic rings. The molecular weight excluding hydrogens is 362 g/mol. The Morgan fingerprint density at radius 1 is 1.14 bits per heavy atom. The number of ether oxygens (including phenoxy) is 1. The lowest BCUT2D eigenvalue weighted by Gasteiger charge is -2.13. The van der Waals surface area contributed by atoms with Crippen molar-refractivity contribution in [2.24, 2.45) is 0 Å². The number of rotatable bonds is 10. The maximum absolute atomic E-state index is 11.5. The SMILES string of the molecule is CCC(=O)NCCc1nc2ccccc2n1CCOc1ccc(C(C)CC)cc1. The van der Waals surface area contributed by atoms with E-state index >= 15 is 0 Å². The summed E-state index contributed by atoms with van der Waals surface area (Å²) < 4.78 is 8.19. The number of nitrogens with one attached hydrogen (secondary N) is 1. The highest BCUT2D eigenvalue weighted by atomic mass is 16.5. The summed E-state index contributed by atoms with van der Waals surface area (Å²) in [6, 6.07) is 16.5. The van der Waals surface area contributed by atoms with Gasteiger partial charge in [0.15, 0.2) is 0 Å². The number of imidazole rings is 1. The van der Waals surface area contributed by atoms with Gasteiger partial charge in [0, 0.05) is 19.4 Å². The molecule has 1 atom stereocenters. The smallest absolute Gasteiger partial charge is 0.219 e. The lowest BCUT2D eigenvalue weighted by molar-refractivity contribution is -0.120. The Labute approximate surface area is 173 Å². The predicted octanol–water partition coefficient (Wildman–Crippen LogP) is 4.70. The van der Waals surface area contributed by atoms with Crippen molar-refractivity contribution in [3.63, 3.8) is 0 Å². The van der Waals surface area contributed by atoms with Crippen LogP contribution in [0.25, 0.3) is 11.0 Å². The van der Waals surface area contributed by atoms with Crippen LogP contribution < -0.4 is 10.1 Å². The molecule has 0 aliphatic carbocycles. The quantitative estimate of drug-likeness (QED) is 0.543. The Morgan fingerprint density at radius 2 is 1.90 bits per heavy atom. The topological polar surface area (TPSA) is 56.2 Å². The van der Waals surface area contributed by atoms with Gasteiger partial charge in [-0.25, -0.2) is 4.98 Å². The number of fused-ring (bicyclic) bond motifs is 1. The van der Waals surface area contributed by atoms with Gasteiger partial charge in [-0.1, -0.05) is 45.0 Å². The third kappa shape index (κ3) is 5.37. The van der Waals surface area contributed by atoms with Crippen molar-refractivity contribution in [3.8, 4) is 5.75 Å². The first-order valence-corrected chi connectivity index (χ1v) is 10.6. The Balaban J connectivity index is 1.65. The van der Waals surface area contributed by atoms with Gasteiger partial charge >= 0.3 is 0 Å². The van der Waals surface area contributed by atoms with Gasteiger partial charge in [0.05, 0.1) is 17.6 Å². The molecule has 0 spiro atoms. The second-order valence-electron chi connectivity index (χ2n) is 7.35. The third-order valence-corrected chi connectivity index (χ3v) is 5.37. The van der Waals surface area contributed by atoms with Crippen molar-refractivity contribution < 1.29 is 9.53 Å². The van der Waals surface area contributed by atoms with E-state index in [9.17, 15) is 4.79 Å². The van der Waals surface area contributed by atoms with Gasteiger partial charge in [0.25, 0.3) is 0 Å². The minimum absolute atomic E-state index is 0.0665. The van der Waals surface area contributed by atoms with Gasteiger partial charge in [0.2, 0.25) is 5.91 Å². The number of carbonyl (C=O) groups excluding carboxylic acids is 1. The Kier molecular flexibility index (Phi) is 7.28. The fourth-order valence-corrected chi connectivity index (χ4v) is 3.39. The monoisotopic (exact) mass is 393 g/mol. The number of hydrogen-bond donors (Lipinski definition) is 1. The van der Waals surface area contributed by atoms with E-state index in [2.05, 4.69) is 54.1 Å². The van der Waals surface area contributed by atoms with E-state index in [0.717, 1.165) is 29.0 Å². The molecule has 29 heavy (non-hydrogen) atoms. The molecule has 0 saturated heterocycles. The van der Waals surface area contributed by atoms with Crippen molar-refractivity contribution in [3.05, 3.63) is 59.9 Å². The highest BCUT2D eigenvalue weighted by Crippen LogP contribution is 2.22. The highest BCUT2D eigenvalue weighted by molar-refractivity contribution is 5.76. The first kappa shape index (κ1) is 20.9. The molecule has 1 aromatic heterocycles. The van der Waals surface area contributed by atoms with Gasteiger partial charge in [-0.3, -0.25) is 4.79 Å². The van der Waals surface area contributed by atoms with Crippen LogP contribution in [0.1, 0.15) is 50.9 Å². The molecule has 0 saturated carbocycles. The van der Waals surface area contributed by atoms with Crippen LogP contribution >= 0.6 is 0 Å². The largest absolute Gasteiger partial charge is 0.492 e. The Hall–Kier alpha value is -2.82. The predicted molar refractivity (Wildman–Crippen MR) is 117 cm³/mol. The molecule has 5 heteroatoms. The van der Waals surface area contributed by atoms with Crippen LogP contribution in [0.4, 0.5) is 0 Å². The molecule has 1 unspecified atom stereocenters. The van der Waals surface area contributed by atoms with E-state index < -0.39 is 0 Å². The summed E-state index contributed by atoms with van der Waals surface area (Å²) in [6.07, 6.45) is 2.33. The van der Waals surface area contributed by atoms with Crippen molar-refractivity contribution >= 4 is 16.9 Å². The summed E-state index contributed by atoms with van der Waals surface area (Å²) in [7, 11) is 0. The number of hydrogen-bond acceptors (Lipinski definition) is 3. The summed E-state index contributed by atoms with van der Waals surface area (Å²) in [6.45, 7) is 8.17. The minimum atomic E-state index is 0.0665. The van der Waals surface area contributed by atoms with Gasteiger partial charge in [-0.2, -0.15) is 0 Å². The number of para-hydroxylation sites is 2. The number of nitrogens with zero attached hydrogens (tertiary/aromatic N) is 2. The molecule has 1 amide bonds. The van der Waals surface area contributed by atoms with E-state index in [4.69, 9.17) is 9.72 Å². The average Bonchev–Trinajstić information content (AvgIpc) is 3.11. The minimum Gasteiger partial charge on any atom is -0.492 e. The molecule has 1 heterocycles. The van der Waals surface area contributed by atoms with E-state index in [1.807, 2.05) is 25.1 Å². The molecule has 5 nitrogen and oxygen atoms in total. The average molecular weight is 394 g/mol. The Bertz CT molecular complexity index is 931. The zero-order valence-electron chi connectivity index (χ0n) is 17.6. The number of benzene rings is 2.